The molecule has 3 N–H and O–H groups in total. The standard InChI is InChI=1S/C45H90N2O5S.H2O.H2/c1-5-8-11-14-19-26-34-43(35-27-20-15-12-9-6-2)52-45(49)37-29-22-18-24-31-40-47(41-33-38-46-53(4)50)39-30-23-17-21-28-36-44(48)51-42-32-25-16-13-10-7-3;;/h43,46H,5-42H2,1-4H3;1H2;1H. The molecule has 0 aromatic heterocycles. The van der Waals surface area contributed by atoms with Gasteiger partial charge in [0.2, 0.25) is 0 Å². The molecule has 326 valence electrons. The van der Waals surface area contributed by atoms with Crippen LogP contribution in [-0.2, 0) is 30.0 Å². The van der Waals surface area contributed by atoms with Gasteiger partial charge in [-0.05, 0) is 83.8 Å². The largest absolute Gasteiger partial charge is 0.466 e. The number of carbonyl (C=O) groups is 2. The van der Waals surface area contributed by atoms with Crippen LogP contribution in [0.15, 0.2) is 0 Å². The number of nitrogens with one attached hydrogen (secondary N) is 1. The summed E-state index contributed by atoms with van der Waals surface area (Å²) in [6, 6.07) is 0. The highest BCUT2D eigenvalue weighted by Crippen LogP contribution is 2.18. The summed E-state index contributed by atoms with van der Waals surface area (Å²) in [5, 5.41) is 0. The third-order valence-corrected chi connectivity index (χ3v) is 11.1. The maximum atomic E-state index is 12.8. The number of unbranched alkanes of at least 4 members (excludes halogenated alkanes) is 23. The van der Waals surface area contributed by atoms with Crippen LogP contribution in [0.2, 0.25) is 0 Å². The molecule has 0 aliphatic heterocycles. The molecule has 8 nitrogen and oxygen atoms in total. The van der Waals surface area contributed by atoms with Crippen molar-refractivity contribution < 1.29 is 30.2 Å². The summed E-state index contributed by atoms with van der Waals surface area (Å²) < 4.78 is 25.9. The first kappa shape index (κ1) is 55.1. The zero-order valence-electron chi connectivity index (χ0n) is 36.3. The van der Waals surface area contributed by atoms with Gasteiger partial charge in [0.05, 0.1) is 17.6 Å². The van der Waals surface area contributed by atoms with E-state index in [-0.39, 0.29) is 24.9 Å². The second kappa shape index (κ2) is 44.7. The van der Waals surface area contributed by atoms with Crippen LogP contribution >= 0.6 is 0 Å². The smallest absolute Gasteiger partial charge is 0.306 e. The highest BCUT2D eigenvalue weighted by Gasteiger charge is 2.14. The van der Waals surface area contributed by atoms with Crippen LogP contribution in [0.5, 0.6) is 0 Å². The van der Waals surface area contributed by atoms with Gasteiger partial charge in [-0.25, -0.2) is 8.93 Å². The van der Waals surface area contributed by atoms with E-state index < -0.39 is 11.0 Å². The van der Waals surface area contributed by atoms with Crippen molar-refractivity contribution in [1.82, 2.24) is 9.62 Å². The SMILES string of the molecule is CCCCCCCCOC(=O)CCCCCCCN(CCCCCCCC(=O)OC(CCCCCCCC)CCCCCCCC)CCCNS(C)=O.O.[HH]. The molecule has 0 bridgehead atoms. The number of hydrogen-bond donors (Lipinski definition) is 1. The van der Waals surface area contributed by atoms with Crippen LogP contribution in [0.1, 0.15) is 234 Å². The molecule has 0 aliphatic carbocycles. The highest BCUT2D eigenvalue weighted by molar-refractivity contribution is 7.82. The van der Waals surface area contributed by atoms with E-state index in [0.29, 0.717) is 19.4 Å². The quantitative estimate of drug-likeness (QED) is 0.0485. The van der Waals surface area contributed by atoms with E-state index in [2.05, 4.69) is 30.4 Å². The number of hydrogen-bond acceptors (Lipinski definition) is 6. The molecule has 0 saturated heterocycles. The van der Waals surface area contributed by atoms with E-state index in [9.17, 15) is 13.8 Å². The molecule has 0 spiro atoms. The minimum Gasteiger partial charge on any atom is -0.466 e. The number of esters is 2. The minimum atomic E-state index is -0.958. The van der Waals surface area contributed by atoms with Crippen LogP contribution in [-0.4, -0.2) is 71.7 Å². The molecule has 0 heterocycles. The predicted octanol–water partition coefficient (Wildman–Crippen LogP) is 12.0. The zero-order chi connectivity index (χ0) is 38.9. The van der Waals surface area contributed by atoms with Crippen molar-refractivity contribution in [2.45, 2.75) is 239 Å². The Labute approximate surface area is 339 Å². The summed E-state index contributed by atoms with van der Waals surface area (Å²) in [5.41, 5.74) is 0. The molecule has 0 amide bonds. The first-order valence-electron chi connectivity index (χ1n) is 23.1. The average molecular weight is 791 g/mol. The Hall–Kier alpha value is -1.03. The summed E-state index contributed by atoms with van der Waals surface area (Å²) in [6.45, 7) is 11.3. The van der Waals surface area contributed by atoms with Gasteiger partial charge in [0, 0.05) is 27.1 Å². The van der Waals surface area contributed by atoms with Crippen molar-refractivity contribution in [2.24, 2.45) is 0 Å². The summed E-state index contributed by atoms with van der Waals surface area (Å²) in [6.07, 6.45) is 39.7. The van der Waals surface area contributed by atoms with Crippen LogP contribution < -0.4 is 4.72 Å². The lowest BCUT2D eigenvalue weighted by Crippen LogP contribution is -2.30. The molecular formula is C45H94N2O6S. The minimum absolute atomic E-state index is 0. The molecule has 1 atom stereocenters. The van der Waals surface area contributed by atoms with Gasteiger partial charge in [-0.3, -0.25) is 9.59 Å². The average Bonchev–Trinajstić information content (AvgIpc) is 3.14. The third kappa shape index (κ3) is 42.1. The first-order chi connectivity index (χ1) is 25.9. The number of nitrogens with zero attached hydrogens (tertiary/aromatic N) is 1. The van der Waals surface area contributed by atoms with Crippen LogP contribution in [0, 0.1) is 0 Å². The van der Waals surface area contributed by atoms with Gasteiger partial charge in [0.1, 0.15) is 6.10 Å². The van der Waals surface area contributed by atoms with E-state index in [0.717, 1.165) is 96.8 Å². The van der Waals surface area contributed by atoms with Gasteiger partial charge >= 0.3 is 11.9 Å². The molecule has 0 fully saturated rings. The fourth-order valence-electron chi connectivity index (χ4n) is 7.08. The fourth-order valence-corrected chi connectivity index (χ4v) is 7.51. The molecule has 0 saturated carbocycles. The van der Waals surface area contributed by atoms with Crippen molar-refractivity contribution in [3.05, 3.63) is 0 Å². The van der Waals surface area contributed by atoms with E-state index in [4.69, 9.17) is 9.47 Å². The Morgan fingerprint density at radius 2 is 0.926 bits per heavy atom. The Kier molecular flexibility index (Phi) is 45.6. The summed E-state index contributed by atoms with van der Waals surface area (Å²) in [5.74, 6) is -0.0132. The number of rotatable bonds is 43. The normalized spacial score (nSPS) is 12.0. The molecule has 0 aliphatic rings. The molecule has 0 rings (SSSR count). The Balaban J connectivity index is -0.0000135. The van der Waals surface area contributed by atoms with Crippen molar-refractivity contribution in [3.8, 4) is 0 Å². The molecule has 1 unspecified atom stereocenters. The first-order valence-corrected chi connectivity index (χ1v) is 24.6. The number of ether oxygens (including phenoxy) is 2. The number of carbonyl (C=O) groups excluding carboxylic acids is 2. The molecule has 0 aromatic rings. The van der Waals surface area contributed by atoms with Gasteiger partial charge in [0.25, 0.3) is 0 Å². The van der Waals surface area contributed by atoms with Crippen LogP contribution in [0.3, 0.4) is 0 Å². The molecular weight excluding hydrogens is 697 g/mol. The molecule has 0 aromatic carbocycles. The van der Waals surface area contributed by atoms with Crippen LogP contribution in [0.4, 0.5) is 0 Å². The predicted molar refractivity (Wildman–Crippen MR) is 234 cm³/mol. The van der Waals surface area contributed by atoms with Gasteiger partial charge in [-0.1, -0.05) is 156 Å². The molecule has 54 heavy (non-hydrogen) atoms. The van der Waals surface area contributed by atoms with Crippen LogP contribution in [0.25, 0.3) is 0 Å². The van der Waals surface area contributed by atoms with E-state index >= 15 is 0 Å². The lowest BCUT2D eigenvalue weighted by atomic mass is 10.0. The van der Waals surface area contributed by atoms with E-state index in [1.807, 2.05) is 0 Å². The van der Waals surface area contributed by atoms with Gasteiger partial charge in [0.15, 0.2) is 0 Å². The van der Waals surface area contributed by atoms with Crippen molar-refractivity contribution >= 4 is 22.9 Å². The Bertz CT molecular complexity index is 808. The maximum Gasteiger partial charge on any atom is 0.306 e. The summed E-state index contributed by atoms with van der Waals surface area (Å²) in [4.78, 5) is 27.4. The van der Waals surface area contributed by atoms with E-state index in [1.54, 1.807) is 6.26 Å². The lowest BCUT2D eigenvalue weighted by Gasteiger charge is -2.22. The maximum absolute atomic E-state index is 12.8. The Morgan fingerprint density at radius 1 is 0.537 bits per heavy atom. The molecule has 9 heteroatoms. The fraction of sp³-hybridized carbons (Fsp3) is 0.956. The lowest BCUT2D eigenvalue weighted by molar-refractivity contribution is -0.150. The van der Waals surface area contributed by atoms with Gasteiger partial charge in [-0.15, -0.1) is 0 Å². The summed E-state index contributed by atoms with van der Waals surface area (Å²) >= 11 is 0. The topological polar surface area (TPSA) is 116 Å². The molecule has 0 radical (unpaired) electrons. The van der Waals surface area contributed by atoms with Gasteiger partial charge in [-0.2, -0.15) is 0 Å². The van der Waals surface area contributed by atoms with Crippen molar-refractivity contribution in [2.75, 3.05) is 39.0 Å². The highest BCUT2D eigenvalue weighted by atomic mass is 32.2. The second-order valence-corrected chi connectivity index (χ2v) is 17.0. The monoisotopic (exact) mass is 791 g/mol. The van der Waals surface area contributed by atoms with Crippen molar-refractivity contribution in [3.63, 3.8) is 0 Å². The zero-order valence-corrected chi connectivity index (χ0v) is 37.2. The van der Waals surface area contributed by atoms with E-state index in [1.165, 1.54) is 128 Å². The Morgan fingerprint density at radius 3 is 1.41 bits per heavy atom. The third-order valence-electron chi connectivity index (χ3n) is 10.5. The second-order valence-electron chi connectivity index (χ2n) is 15.8. The van der Waals surface area contributed by atoms with Crippen molar-refractivity contribution in [1.29, 1.82) is 0 Å². The summed E-state index contributed by atoms with van der Waals surface area (Å²) in [7, 11) is -0.958. The van der Waals surface area contributed by atoms with Gasteiger partial charge < -0.3 is 19.8 Å².